The van der Waals surface area contributed by atoms with Gasteiger partial charge in [0.25, 0.3) is 0 Å². The molecule has 0 saturated heterocycles. The van der Waals surface area contributed by atoms with Gasteiger partial charge in [-0.2, -0.15) is 0 Å². The number of hydrogen-bond acceptors (Lipinski definition) is 3. The smallest absolute Gasteiger partial charge is 0.159 e. The van der Waals surface area contributed by atoms with Gasteiger partial charge in [-0.05, 0) is 127 Å². The highest BCUT2D eigenvalue weighted by atomic mass is 32.2. The molecule has 4 heteroatoms. The van der Waals surface area contributed by atoms with Crippen molar-refractivity contribution in [2.45, 2.75) is 150 Å². The maximum Gasteiger partial charge on any atom is 0.159 e. The Kier molecular flexibility index (Phi) is 12.1. The highest BCUT2D eigenvalue weighted by Gasteiger charge is 2.57. The summed E-state index contributed by atoms with van der Waals surface area (Å²) in [6, 6.07) is 17.9. The molecular formula is C37H54OPS2+. The second kappa shape index (κ2) is 15.7. The van der Waals surface area contributed by atoms with Crippen molar-refractivity contribution >= 4 is 36.9 Å². The Balaban J connectivity index is 1.45. The molecule has 0 spiro atoms. The minimum Gasteiger partial charge on any atom is -0.484 e. The summed E-state index contributed by atoms with van der Waals surface area (Å²) < 4.78 is 6.42. The molecular weight excluding hydrogens is 556 g/mol. The molecule has 0 aromatic heterocycles. The lowest BCUT2D eigenvalue weighted by Crippen LogP contribution is -2.37. The Bertz CT molecular complexity index is 1060. The number of ether oxygens (including phenoxy) is 1. The van der Waals surface area contributed by atoms with Crippen LogP contribution in [0, 0.1) is 6.92 Å². The second-order valence-electron chi connectivity index (χ2n) is 13.2. The van der Waals surface area contributed by atoms with Crippen LogP contribution in [-0.4, -0.2) is 28.6 Å². The molecule has 3 aliphatic rings. The van der Waals surface area contributed by atoms with Gasteiger partial charge in [-0.1, -0.05) is 79.2 Å². The van der Waals surface area contributed by atoms with Crippen LogP contribution in [0.3, 0.4) is 0 Å². The molecule has 0 unspecified atom stereocenters. The van der Waals surface area contributed by atoms with Crippen LogP contribution in [0.25, 0.3) is 6.08 Å². The highest BCUT2D eigenvalue weighted by molar-refractivity contribution is 8.09. The number of hydrogen-bond donors (Lipinski definition) is 0. The van der Waals surface area contributed by atoms with E-state index in [1.54, 1.807) is 0 Å². The van der Waals surface area contributed by atoms with E-state index in [1.807, 2.05) is 11.8 Å². The first-order valence-electron chi connectivity index (χ1n) is 16.8. The summed E-state index contributed by atoms with van der Waals surface area (Å²) >= 11 is 4.09. The van der Waals surface area contributed by atoms with Crippen molar-refractivity contribution in [1.82, 2.24) is 0 Å². The van der Waals surface area contributed by atoms with Gasteiger partial charge in [0.05, 0.1) is 23.1 Å². The van der Waals surface area contributed by atoms with Gasteiger partial charge in [-0.25, -0.2) is 0 Å². The first-order valence-corrected chi connectivity index (χ1v) is 20.8. The number of aryl methyl sites for hydroxylation is 1. The fourth-order valence-electron chi connectivity index (χ4n) is 8.03. The van der Waals surface area contributed by atoms with Crippen LogP contribution in [0.4, 0.5) is 0 Å². The van der Waals surface area contributed by atoms with Gasteiger partial charge in [0.15, 0.2) is 5.09 Å². The topological polar surface area (TPSA) is 9.23 Å². The molecule has 0 atom stereocenters. The summed E-state index contributed by atoms with van der Waals surface area (Å²) in [5.41, 5.74) is 7.08. The zero-order chi connectivity index (χ0) is 28.5. The SMILES string of the molecule is Cc1ccccc1/C=C(\OC(C)C)Sc1ccccc1SC[P+](C1CCCCC1)(C1CCCCC1)C1CCCCC1. The normalized spacial score (nSPS) is 20.4. The van der Waals surface area contributed by atoms with E-state index >= 15 is 0 Å². The van der Waals surface area contributed by atoms with E-state index in [1.165, 1.54) is 123 Å². The third-order valence-electron chi connectivity index (χ3n) is 10.1. The maximum atomic E-state index is 6.42. The summed E-state index contributed by atoms with van der Waals surface area (Å²) in [7, 11) is -1.12. The van der Waals surface area contributed by atoms with Crippen LogP contribution < -0.4 is 0 Å². The number of thioether (sulfide) groups is 2. The van der Waals surface area contributed by atoms with Crippen molar-refractivity contribution in [3.8, 4) is 0 Å². The van der Waals surface area contributed by atoms with Crippen molar-refractivity contribution in [2.75, 3.05) is 5.49 Å². The van der Waals surface area contributed by atoms with Gasteiger partial charge in [-0.3, -0.25) is 0 Å². The van der Waals surface area contributed by atoms with Crippen molar-refractivity contribution in [2.24, 2.45) is 0 Å². The van der Waals surface area contributed by atoms with E-state index in [9.17, 15) is 0 Å². The molecule has 0 aliphatic heterocycles. The van der Waals surface area contributed by atoms with Gasteiger partial charge >= 0.3 is 0 Å². The summed E-state index contributed by atoms with van der Waals surface area (Å²) in [4.78, 5) is 2.85. The van der Waals surface area contributed by atoms with Crippen molar-refractivity contribution in [3.63, 3.8) is 0 Å². The lowest BCUT2D eigenvalue weighted by Gasteiger charge is -2.48. The van der Waals surface area contributed by atoms with Gasteiger partial charge in [0.1, 0.15) is 5.49 Å². The molecule has 0 amide bonds. The van der Waals surface area contributed by atoms with Crippen LogP contribution in [0.5, 0.6) is 0 Å². The second-order valence-corrected chi connectivity index (χ2v) is 20.2. The predicted octanol–water partition coefficient (Wildman–Crippen LogP) is 12.6. The van der Waals surface area contributed by atoms with E-state index in [-0.39, 0.29) is 6.10 Å². The maximum absolute atomic E-state index is 6.42. The molecule has 41 heavy (non-hydrogen) atoms. The molecule has 2 aromatic rings. The average Bonchev–Trinajstić information content (AvgIpc) is 3.01. The minimum atomic E-state index is -1.12. The fourth-order valence-corrected chi connectivity index (χ4v) is 19.4. The van der Waals surface area contributed by atoms with Gasteiger partial charge in [-0.15, -0.1) is 0 Å². The van der Waals surface area contributed by atoms with Crippen LogP contribution >= 0.6 is 30.8 Å². The van der Waals surface area contributed by atoms with Crippen LogP contribution in [0.1, 0.15) is 121 Å². The molecule has 3 aliphatic carbocycles. The Hall–Kier alpha value is -0.890. The van der Waals surface area contributed by atoms with Crippen LogP contribution in [0.15, 0.2) is 63.4 Å². The van der Waals surface area contributed by atoms with Gasteiger partial charge in [0, 0.05) is 17.1 Å². The minimum absolute atomic E-state index is 0.153. The van der Waals surface area contributed by atoms with E-state index < -0.39 is 7.26 Å². The van der Waals surface area contributed by atoms with Crippen LogP contribution in [0.2, 0.25) is 0 Å². The van der Waals surface area contributed by atoms with Crippen molar-refractivity contribution < 1.29 is 4.74 Å². The molecule has 3 fully saturated rings. The molecule has 2 aromatic carbocycles. The van der Waals surface area contributed by atoms with E-state index in [0.717, 1.165) is 22.1 Å². The quantitative estimate of drug-likeness (QED) is 0.142. The molecule has 1 nitrogen and oxygen atoms in total. The summed E-state index contributed by atoms with van der Waals surface area (Å²) in [6.07, 6.45) is 25.0. The first kappa shape index (κ1) is 31.5. The molecule has 0 bridgehead atoms. The Morgan fingerprint density at radius 1 is 0.732 bits per heavy atom. The van der Waals surface area contributed by atoms with E-state index in [0.29, 0.717) is 0 Å². The Morgan fingerprint density at radius 3 is 1.73 bits per heavy atom. The highest BCUT2D eigenvalue weighted by Crippen LogP contribution is 2.78. The number of benzene rings is 2. The predicted molar refractivity (Wildman–Crippen MR) is 186 cm³/mol. The fraction of sp³-hybridized carbons (Fsp3) is 0.622. The Morgan fingerprint density at radius 2 is 1.22 bits per heavy atom. The largest absolute Gasteiger partial charge is 0.484 e. The first-order chi connectivity index (χ1) is 20.1. The van der Waals surface area contributed by atoms with Crippen LogP contribution in [-0.2, 0) is 4.74 Å². The average molecular weight is 610 g/mol. The monoisotopic (exact) mass is 609 g/mol. The summed E-state index contributed by atoms with van der Waals surface area (Å²) in [6.45, 7) is 6.48. The lowest BCUT2D eigenvalue weighted by atomic mass is 9.99. The van der Waals surface area contributed by atoms with E-state index in [2.05, 4.69) is 87.1 Å². The van der Waals surface area contributed by atoms with E-state index in [4.69, 9.17) is 4.74 Å². The van der Waals surface area contributed by atoms with Crippen molar-refractivity contribution in [3.05, 3.63) is 64.7 Å². The molecule has 0 heterocycles. The zero-order valence-corrected chi connectivity index (χ0v) is 28.5. The summed E-state index contributed by atoms with van der Waals surface area (Å²) in [5, 5.41) is 1.01. The molecule has 3 saturated carbocycles. The molecule has 0 N–H and O–H groups in total. The standard InChI is InChI=1S/C37H54OPS2/c1-29(2)38-37(27-31-18-14-13-17-30(31)3)41-36-26-16-15-25-35(36)40-28-39(32-19-7-4-8-20-32,33-21-9-5-10-22-33)34-23-11-6-12-24-34/h13-18,25-27,29,32-34H,4-12,19-24,28H2,1-3H3/q+1/b37-27+. The van der Waals surface area contributed by atoms with Gasteiger partial charge in [0.2, 0.25) is 0 Å². The molecule has 0 radical (unpaired) electrons. The third-order valence-corrected chi connectivity index (χ3v) is 19.8. The molecule has 5 rings (SSSR count). The van der Waals surface area contributed by atoms with Gasteiger partial charge < -0.3 is 4.74 Å². The third kappa shape index (κ3) is 8.19. The molecule has 224 valence electrons. The van der Waals surface area contributed by atoms with Crippen molar-refractivity contribution in [1.29, 1.82) is 0 Å². The zero-order valence-electron chi connectivity index (χ0n) is 26.0. The number of rotatable bonds is 11. The summed E-state index contributed by atoms with van der Waals surface area (Å²) in [5.74, 6) is 0. The lowest BCUT2D eigenvalue weighted by molar-refractivity contribution is 0.172. The Labute approximate surface area is 260 Å².